The lowest BCUT2D eigenvalue weighted by molar-refractivity contribution is -0.115. The van der Waals surface area contributed by atoms with E-state index in [-0.39, 0.29) is 11.0 Å². The van der Waals surface area contributed by atoms with Crippen molar-refractivity contribution in [1.29, 1.82) is 0 Å². The largest absolute Gasteiger partial charge is 0.494 e. The second-order valence-corrected chi connectivity index (χ2v) is 6.78. The van der Waals surface area contributed by atoms with Crippen molar-refractivity contribution in [2.75, 3.05) is 6.61 Å². The number of benzene rings is 2. The zero-order chi connectivity index (χ0) is 19.6. The van der Waals surface area contributed by atoms with Crippen LogP contribution in [0.5, 0.6) is 5.75 Å². The maximum Gasteiger partial charge on any atom is 0.270 e. The second kappa shape index (κ2) is 10.6. The van der Waals surface area contributed by atoms with Crippen LogP contribution in [0.25, 0.3) is 6.08 Å². The van der Waals surface area contributed by atoms with E-state index in [1.54, 1.807) is 18.2 Å². The number of rotatable bonds is 5. The van der Waals surface area contributed by atoms with Crippen LogP contribution in [-0.2, 0) is 4.79 Å². The van der Waals surface area contributed by atoms with Crippen LogP contribution in [0.2, 0.25) is 0 Å². The Morgan fingerprint density at radius 3 is 2.48 bits per heavy atom. The van der Waals surface area contributed by atoms with Gasteiger partial charge in [-0.3, -0.25) is 25.8 Å². The molecule has 6 nitrogen and oxygen atoms in total. The first kappa shape index (κ1) is 20.8. The number of amides is 2. The van der Waals surface area contributed by atoms with Crippen molar-refractivity contribution in [1.82, 2.24) is 16.2 Å². The molecule has 0 saturated heterocycles. The van der Waals surface area contributed by atoms with Gasteiger partial charge in [-0.15, -0.1) is 0 Å². The third kappa shape index (κ3) is 6.99. The molecule has 0 saturated carbocycles. The predicted octanol–water partition coefficient (Wildman–Crippen LogP) is 3.04. The minimum Gasteiger partial charge on any atom is -0.494 e. The molecule has 140 valence electrons. The van der Waals surface area contributed by atoms with Crippen molar-refractivity contribution in [3.8, 4) is 5.75 Å². The van der Waals surface area contributed by atoms with Gasteiger partial charge in [0.25, 0.3) is 5.91 Å². The van der Waals surface area contributed by atoms with E-state index < -0.39 is 5.91 Å². The molecule has 0 spiro atoms. The number of hydrazine groups is 1. The van der Waals surface area contributed by atoms with Crippen LogP contribution in [0, 0.1) is 3.57 Å². The first-order valence-electron chi connectivity index (χ1n) is 8.06. The van der Waals surface area contributed by atoms with Crippen molar-refractivity contribution in [3.63, 3.8) is 0 Å². The summed E-state index contributed by atoms with van der Waals surface area (Å²) in [5.41, 5.74) is 6.31. The van der Waals surface area contributed by atoms with Gasteiger partial charge in [-0.2, -0.15) is 0 Å². The van der Waals surface area contributed by atoms with E-state index in [9.17, 15) is 9.59 Å². The highest BCUT2D eigenvalue weighted by molar-refractivity contribution is 14.1. The molecule has 0 aliphatic carbocycles. The summed E-state index contributed by atoms with van der Waals surface area (Å²) < 4.78 is 6.17. The van der Waals surface area contributed by atoms with E-state index in [2.05, 4.69) is 38.8 Å². The van der Waals surface area contributed by atoms with Crippen molar-refractivity contribution < 1.29 is 14.3 Å². The summed E-state index contributed by atoms with van der Waals surface area (Å²) in [7, 11) is 0. The van der Waals surface area contributed by atoms with E-state index in [4.69, 9.17) is 17.0 Å². The van der Waals surface area contributed by atoms with Gasteiger partial charge in [0.2, 0.25) is 5.91 Å². The van der Waals surface area contributed by atoms with E-state index in [0.717, 1.165) is 14.9 Å². The molecule has 0 aromatic heterocycles. The maximum absolute atomic E-state index is 12.1. The second-order valence-electron chi connectivity index (χ2n) is 5.21. The normalized spacial score (nSPS) is 10.3. The third-order valence-corrected chi connectivity index (χ3v) is 4.41. The molecule has 0 bridgehead atoms. The van der Waals surface area contributed by atoms with Gasteiger partial charge in [0.15, 0.2) is 5.11 Å². The van der Waals surface area contributed by atoms with Crippen molar-refractivity contribution in [3.05, 3.63) is 69.3 Å². The van der Waals surface area contributed by atoms with Gasteiger partial charge in [0.05, 0.1) is 12.2 Å². The molecule has 0 atom stereocenters. The quantitative estimate of drug-likeness (QED) is 0.257. The molecule has 0 unspecified atom stereocenters. The standard InChI is InChI=1S/C19H18IN3O3S/c1-2-26-14-10-7-13(8-11-14)9-12-17(24)21-19(27)23-22-18(25)15-5-3-4-6-16(15)20/h3-12H,2H2,1H3,(H,22,25)(H2,21,23,24,27). The first-order valence-corrected chi connectivity index (χ1v) is 9.55. The molecule has 0 aliphatic rings. The average Bonchev–Trinajstić information content (AvgIpc) is 2.66. The first-order chi connectivity index (χ1) is 13.0. The van der Waals surface area contributed by atoms with E-state index >= 15 is 0 Å². The maximum atomic E-state index is 12.1. The van der Waals surface area contributed by atoms with Gasteiger partial charge in [0, 0.05) is 9.65 Å². The summed E-state index contributed by atoms with van der Waals surface area (Å²) in [6.07, 6.45) is 3.00. The topological polar surface area (TPSA) is 79.5 Å². The Labute approximate surface area is 176 Å². The Morgan fingerprint density at radius 2 is 1.81 bits per heavy atom. The molecule has 2 aromatic carbocycles. The Hall–Kier alpha value is -2.46. The van der Waals surface area contributed by atoms with Crippen LogP contribution in [0.4, 0.5) is 0 Å². The lowest BCUT2D eigenvalue weighted by Gasteiger charge is -2.10. The van der Waals surface area contributed by atoms with Gasteiger partial charge < -0.3 is 4.74 Å². The van der Waals surface area contributed by atoms with Gasteiger partial charge in [-0.05, 0) is 77.6 Å². The molecule has 8 heteroatoms. The fraction of sp³-hybridized carbons (Fsp3) is 0.105. The smallest absolute Gasteiger partial charge is 0.270 e. The van der Waals surface area contributed by atoms with E-state index in [1.807, 2.05) is 43.3 Å². The zero-order valence-corrected chi connectivity index (χ0v) is 17.5. The van der Waals surface area contributed by atoms with Crippen LogP contribution >= 0.6 is 34.8 Å². The molecule has 2 amide bonds. The predicted molar refractivity (Wildman–Crippen MR) is 117 cm³/mol. The molecular weight excluding hydrogens is 477 g/mol. The molecule has 2 aromatic rings. The summed E-state index contributed by atoms with van der Waals surface area (Å²) in [4.78, 5) is 24.0. The van der Waals surface area contributed by atoms with E-state index in [1.165, 1.54) is 6.08 Å². The monoisotopic (exact) mass is 495 g/mol. The molecule has 0 heterocycles. The molecule has 0 aliphatic heterocycles. The Balaban J connectivity index is 1.80. The van der Waals surface area contributed by atoms with Gasteiger partial charge in [0.1, 0.15) is 5.75 Å². The minimum absolute atomic E-state index is 0.00404. The number of halogens is 1. The van der Waals surface area contributed by atoms with Crippen LogP contribution in [0.15, 0.2) is 54.6 Å². The van der Waals surface area contributed by atoms with Gasteiger partial charge in [-0.1, -0.05) is 24.3 Å². The number of hydrogen-bond acceptors (Lipinski definition) is 4. The van der Waals surface area contributed by atoms with E-state index in [0.29, 0.717) is 12.2 Å². The van der Waals surface area contributed by atoms with Crippen LogP contribution in [0.1, 0.15) is 22.8 Å². The summed E-state index contributed by atoms with van der Waals surface area (Å²) >= 11 is 7.07. The summed E-state index contributed by atoms with van der Waals surface area (Å²) in [6, 6.07) is 14.5. The molecule has 27 heavy (non-hydrogen) atoms. The SMILES string of the molecule is CCOc1ccc(C=CC(=O)NC(=S)NNC(=O)c2ccccc2I)cc1. The van der Waals surface area contributed by atoms with Gasteiger partial charge >= 0.3 is 0 Å². The van der Waals surface area contributed by atoms with Crippen LogP contribution < -0.4 is 20.9 Å². The minimum atomic E-state index is -0.412. The lowest BCUT2D eigenvalue weighted by Crippen LogP contribution is -2.48. The fourth-order valence-electron chi connectivity index (χ4n) is 2.02. The molecule has 0 radical (unpaired) electrons. The van der Waals surface area contributed by atoms with Crippen LogP contribution in [0.3, 0.4) is 0 Å². The van der Waals surface area contributed by atoms with Crippen LogP contribution in [-0.4, -0.2) is 23.5 Å². The molecular formula is C19H18IN3O3S. The third-order valence-electron chi connectivity index (χ3n) is 3.26. The number of hydrogen-bond donors (Lipinski definition) is 3. The fourth-order valence-corrected chi connectivity index (χ4v) is 2.81. The Morgan fingerprint density at radius 1 is 1.11 bits per heavy atom. The number of ether oxygens (including phenoxy) is 1. The summed E-state index contributed by atoms with van der Waals surface area (Å²) in [6.45, 7) is 2.51. The van der Waals surface area contributed by atoms with Gasteiger partial charge in [-0.25, -0.2) is 0 Å². The molecule has 0 fully saturated rings. The summed E-state index contributed by atoms with van der Waals surface area (Å²) in [5, 5.41) is 2.45. The summed E-state index contributed by atoms with van der Waals surface area (Å²) in [5.74, 6) is 0.0137. The lowest BCUT2D eigenvalue weighted by atomic mass is 10.2. The number of carbonyl (C=O) groups excluding carboxylic acids is 2. The highest BCUT2D eigenvalue weighted by atomic mass is 127. The highest BCUT2D eigenvalue weighted by Crippen LogP contribution is 2.13. The molecule has 2 rings (SSSR count). The number of thiocarbonyl (C=S) groups is 1. The van der Waals surface area contributed by atoms with Crippen molar-refractivity contribution in [2.45, 2.75) is 6.92 Å². The number of nitrogens with one attached hydrogen (secondary N) is 3. The molecule has 3 N–H and O–H groups in total. The van der Waals surface area contributed by atoms with Crippen molar-refractivity contribution in [2.24, 2.45) is 0 Å². The van der Waals surface area contributed by atoms with Crippen molar-refractivity contribution >= 4 is 57.8 Å². The average molecular weight is 495 g/mol. The zero-order valence-electron chi connectivity index (χ0n) is 14.5. The highest BCUT2D eigenvalue weighted by Gasteiger charge is 2.09. The number of carbonyl (C=O) groups is 2. The Bertz CT molecular complexity index is 854. The Kier molecular flexibility index (Phi) is 8.21.